The van der Waals surface area contributed by atoms with Crippen molar-refractivity contribution >= 4 is 0 Å². The van der Waals surface area contributed by atoms with Gasteiger partial charge >= 0.3 is 0 Å². The molecule has 1 aliphatic rings. The van der Waals surface area contributed by atoms with Crippen molar-refractivity contribution in [2.24, 2.45) is 11.0 Å². The summed E-state index contributed by atoms with van der Waals surface area (Å²) in [5.41, 5.74) is 8.13. The Bertz CT molecular complexity index is 203. The molecule has 1 unspecified atom stereocenters. The Labute approximate surface area is 84.7 Å². The Hall–Kier alpha value is -0.770. The summed E-state index contributed by atoms with van der Waals surface area (Å²) in [6.07, 6.45) is 1.20. The van der Waals surface area contributed by atoms with Crippen molar-refractivity contribution in [3.63, 3.8) is 0 Å². The lowest BCUT2D eigenvalue weighted by atomic mass is 10.1. The van der Waals surface area contributed by atoms with Crippen LogP contribution in [0.15, 0.2) is 5.11 Å². The summed E-state index contributed by atoms with van der Waals surface area (Å²) in [6.45, 7) is 7.35. The van der Waals surface area contributed by atoms with Gasteiger partial charge in [0.15, 0.2) is 0 Å². The number of likely N-dealkylation sites (tertiary alicyclic amines) is 1. The zero-order valence-electron chi connectivity index (χ0n) is 8.72. The minimum Gasteiger partial charge on any atom is -0.381 e. The lowest BCUT2D eigenvalue weighted by Crippen LogP contribution is -2.24. The van der Waals surface area contributed by atoms with Crippen LogP contribution in [-0.2, 0) is 4.74 Å². The molecule has 0 aromatic carbocycles. The summed E-state index contributed by atoms with van der Waals surface area (Å²) in [4.78, 5) is 5.07. The fraction of sp³-hybridized carbons (Fsp3) is 1.00. The Balaban J connectivity index is 2.10. The summed E-state index contributed by atoms with van der Waals surface area (Å²) in [6, 6.07) is 0. The molecular weight excluding hydrogens is 180 g/mol. The highest BCUT2D eigenvalue weighted by atomic mass is 16.5. The lowest BCUT2D eigenvalue weighted by molar-refractivity contribution is 0.112. The first-order valence-corrected chi connectivity index (χ1v) is 5.17. The number of azide groups is 1. The first-order valence-electron chi connectivity index (χ1n) is 5.17. The molecule has 0 saturated carbocycles. The van der Waals surface area contributed by atoms with Crippen LogP contribution in [0.5, 0.6) is 0 Å². The number of hydrogen-bond acceptors (Lipinski definition) is 3. The predicted molar refractivity (Wildman–Crippen MR) is 55.1 cm³/mol. The van der Waals surface area contributed by atoms with E-state index in [4.69, 9.17) is 10.3 Å². The minimum atomic E-state index is 0.581. The zero-order chi connectivity index (χ0) is 10.2. The largest absolute Gasteiger partial charge is 0.381 e. The van der Waals surface area contributed by atoms with Crippen LogP contribution >= 0.6 is 0 Å². The molecule has 0 amide bonds. The molecule has 80 valence electrons. The maximum Gasteiger partial charge on any atom is 0.0506 e. The van der Waals surface area contributed by atoms with Crippen LogP contribution in [0.3, 0.4) is 0 Å². The molecule has 5 heteroatoms. The summed E-state index contributed by atoms with van der Waals surface area (Å²) in [5, 5.41) is 3.53. The van der Waals surface area contributed by atoms with E-state index >= 15 is 0 Å². The second-order valence-corrected chi connectivity index (χ2v) is 3.57. The van der Waals surface area contributed by atoms with Crippen LogP contribution in [0.1, 0.15) is 13.3 Å². The molecule has 1 rings (SSSR count). The molecule has 1 atom stereocenters. The maximum atomic E-state index is 8.13. The second kappa shape index (κ2) is 6.65. The lowest BCUT2D eigenvalue weighted by Gasteiger charge is -2.14. The van der Waals surface area contributed by atoms with Gasteiger partial charge in [0.05, 0.1) is 6.61 Å². The normalized spacial score (nSPS) is 22.2. The van der Waals surface area contributed by atoms with Gasteiger partial charge < -0.3 is 9.64 Å². The van der Waals surface area contributed by atoms with Crippen molar-refractivity contribution < 1.29 is 4.74 Å². The molecule has 0 aromatic rings. The molecule has 0 radical (unpaired) electrons. The number of hydrogen-bond donors (Lipinski definition) is 0. The number of rotatable bonds is 6. The summed E-state index contributed by atoms with van der Waals surface area (Å²) < 4.78 is 5.38. The second-order valence-electron chi connectivity index (χ2n) is 3.57. The molecule has 5 nitrogen and oxygen atoms in total. The third-order valence-corrected chi connectivity index (χ3v) is 2.51. The van der Waals surface area contributed by atoms with Crippen molar-refractivity contribution in [1.82, 2.24) is 4.90 Å². The van der Waals surface area contributed by atoms with E-state index in [-0.39, 0.29) is 0 Å². The monoisotopic (exact) mass is 198 g/mol. The van der Waals surface area contributed by atoms with E-state index in [0.29, 0.717) is 12.5 Å². The van der Waals surface area contributed by atoms with Crippen molar-refractivity contribution in [3.05, 3.63) is 10.4 Å². The Morgan fingerprint density at radius 3 is 3.21 bits per heavy atom. The van der Waals surface area contributed by atoms with E-state index in [9.17, 15) is 0 Å². The molecule has 0 aromatic heterocycles. The topological polar surface area (TPSA) is 61.2 Å². The van der Waals surface area contributed by atoms with Gasteiger partial charge in [0.25, 0.3) is 0 Å². The van der Waals surface area contributed by atoms with E-state index in [0.717, 1.165) is 32.8 Å². The molecule has 0 aliphatic carbocycles. The molecular formula is C9H18N4O. The third kappa shape index (κ3) is 3.96. The maximum absolute atomic E-state index is 8.13. The molecule has 14 heavy (non-hydrogen) atoms. The van der Waals surface area contributed by atoms with Gasteiger partial charge in [-0.2, -0.15) is 0 Å². The van der Waals surface area contributed by atoms with Crippen LogP contribution in [0.4, 0.5) is 0 Å². The molecule has 1 fully saturated rings. The first kappa shape index (κ1) is 11.3. The van der Waals surface area contributed by atoms with Gasteiger partial charge in [0.1, 0.15) is 0 Å². The Kier molecular flexibility index (Phi) is 5.37. The van der Waals surface area contributed by atoms with Crippen molar-refractivity contribution in [2.45, 2.75) is 13.3 Å². The average molecular weight is 198 g/mol. The highest BCUT2D eigenvalue weighted by molar-refractivity contribution is 4.75. The SMILES string of the molecule is CCOCC1CCN(CCN=[N+]=[N-])C1. The molecule has 0 bridgehead atoms. The molecule has 1 saturated heterocycles. The number of ether oxygens (including phenoxy) is 1. The molecule has 1 heterocycles. The van der Waals surface area contributed by atoms with Gasteiger partial charge in [0, 0.05) is 31.2 Å². The van der Waals surface area contributed by atoms with Crippen molar-refractivity contribution in [1.29, 1.82) is 0 Å². The van der Waals surface area contributed by atoms with Crippen LogP contribution in [0.2, 0.25) is 0 Å². The van der Waals surface area contributed by atoms with Crippen LogP contribution < -0.4 is 0 Å². The van der Waals surface area contributed by atoms with E-state index in [2.05, 4.69) is 14.9 Å². The van der Waals surface area contributed by atoms with Gasteiger partial charge in [-0.15, -0.1) is 0 Å². The highest BCUT2D eigenvalue weighted by Gasteiger charge is 2.21. The van der Waals surface area contributed by atoms with E-state index in [1.807, 2.05) is 6.92 Å². The van der Waals surface area contributed by atoms with Gasteiger partial charge in [-0.25, -0.2) is 0 Å². The Morgan fingerprint density at radius 2 is 2.50 bits per heavy atom. The third-order valence-electron chi connectivity index (χ3n) is 2.51. The summed E-state index contributed by atoms with van der Waals surface area (Å²) >= 11 is 0. The fourth-order valence-electron chi connectivity index (χ4n) is 1.77. The quantitative estimate of drug-likeness (QED) is 0.370. The zero-order valence-corrected chi connectivity index (χ0v) is 8.72. The number of nitrogens with zero attached hydrogens (tertiary/aromatic N) is 4. The van der Waals surface area contributed by atoms with Crippen LogP contribution in [0.25, 0.3) is 10.4 Å². The summed E-state index contributed by atoms with van der Waals surface area (Å²) in [5.74, 6) is 0.668. The van der Waals surface area contributed by atoms with E-state index < -0.39 is 0 Å². The minimum absolute atomic E-state index is 0.581. The Morgan fingerprint density at radius 1 is 1.64 bits per heavy atom. The van der Waals surface area contributed by atoms with Crippen molar-refractivity contribution in [3.8, 4) is 0 Å². The van der Waals surface area contributed by atoms with Gasteiger partial charge in [0.2, 0.25) is 0 Å². The predicted octanol–water partition coefficient (Wildman–Crippen LogP) is 1.66. The van der Waals surface area contributed by atoms with Crippen LogP contribution in [0, 0.1) is 5.92 Å². The van der Waals surface area contributed by atoms with Gasteiger partial charge in [-0.1, -0.05) is 5.11 Å². The first-order chi connectivity index (χ1) is 6.86. The molecule has 0 spiro atoms. The highest BCUT2D eigenvalue weighted by Crippen LogP contribution is 2.15. The van der Waals surface area contributed by atoms with E-state index in [1.54, 1.807) is 0 Å². The standard InChI is InChI=1S/C9H18N4O/c1-2-14-8-9-3-5-13(7-9)6-4-11-12-10/h9H,2-8H2,1H3. The van der Waals surface area contributed by atoms with Crippen LogP contribution in [-0.4, -0.2) is 44.3 Å². The summed E-state index contributed by atoms with van der Waals surface area (Å²) in [7, 11) is 0. The van der Waals surface area contributed by atoms with Crippen molar-refractivity contribution in [2.75, 3.05) is 39.4 Å². The average Bonchev–Trinajstić information content (AvgIpc) is 2.63. The van der Waals surface area contributed by atoms with Gasteiger partial charge in [-0.3, -0.25) is 0 Å². The van der Waals surface area contributed by atoms with Gasteiger partial charge in [-0.05, 0) is 31.3 Å². The fourth-order valence-corrected chi connectivity index (χ4v) is 1.77. The smallest absolute Gasteiger partial charge is 0.0506 e. The van der Waals surface area contributed by atoms with E-state index in [1.165, 1.54) is 6.42 Å². The molecule has 1 aliphatic heterocycles. The molecule has 0 N–H and O–H groups in total.